The number of benzene rings is 1. The summed E-state index contributed by atoms with van der Waals surface area (Å²) < 4.78 is 5.37. The van der Waals surface area contributed by atoms with E-state index < -0.39 is 0 Å². The molecular weight excluding hydrogens is 230 g/mol. The zero-order chi connectivity index (χ0) is 11.9. The molecule has 1 aromatic rings. The molecule has 0 radical (unpaired) electrons. The summed E-state index contributed by atoms with van der Waals surface area (Å²) in [5, 5.41) is 0. The zero-order valence-corrected chi connectivity index (χ0v) is 10.9. The highest BCUT2D eigenvalue weighted by molar-refractivity contribution is 7.80. The fourth-order valence-corrected chi connectivity index (χ4v) is 2.09. The average molecular weight is 249 g/mol. The number of morpholine rings is 1. The van der Waals surface area contributed by atoms with Crippen LogP contribution >= 0.6 is 12.6 Å². The Morgan fingerprint density at radius 1 is 1.29 bits per heavy atom. The molecule has 0 aliphatic carbocycles. The minimum Gasteiger partial charge on any atom is -0.378 e. The second kappa shape index (κ2) is 6.72. The number of nitrogens with zero attached hydrogens (tertiary/aromatic N) is 1. The third-order valence-electron chi connectivity index (χ3n) is 2.85. The normalized spacial score (nSPS) is 16.6. The molecule has 1 heterocycles. The molecule has 1 aliphatic heterocycles. The molecule has 0 spiro atoms. The van der Waals surface area contributed by atoms with Crippen LogP contribution in [0.1, 0.15) is 12.0 Å². The Balaban J connectivity index is 2.05. The number of rotatable bonds is 4. The predicted octanol–water partition coefficient (Wildman–Crippen LogP) is 2.86. The molecule has 0 saturated carbocycles. The van der Waals surface area contributed by atoms with Crippen molar-refractivity contribution in [3.8, 4) is 0 Å². The lowest BCUT2D eigenvalue weighted by atomic mass is 10.1. The van der Waals surface area contributed by atoms with Gasteiger partial charge in [-0.3, -0.25) is 0 Å². The van der Waals surface area contributed by atoms with Crippen molar-refractivity contribution in [1.82, 2.24) is 0 Å². The lowest BCUT2D eigenvalue weighted by molar-refractivity contribution is 0.122. The quantitative estimate of drug-likeness (QED) is 0.824. The summed E-state index contributed by atoms with van der Waals surface area (Å²) in [5.74, 6) is 0.902. The van der Waals surface area contributed by atoms with Gasteiger partial charge in [-0.25, -0.2) is 0 Å². The van der Waals surface area contributed by atoms with Crippen molar-refractivity contribution in [1.29, 1.82) is 0 Å². The van der Waals surface area contributed by atoms with Gasteiger partial charge in [0, 0.05) is 18.8 Å². The van der Waals surface area contributed by atoms with Gasteiger partial charge in [0.25, 0.3) is 0 Å². The van der Waals surface area contributed by atoms with E-state index in [1.807, 2.05) is 0 Å². The number of anilines is 1. The van der Waals surface area contributed by atoms with E-state index in [-0.39, 0.29) is 0 Å². The van der Waals surface area contributed by atoms with E-state index >= 15 is 0 Å². The van der Waals surface area contributed by atoms with E-state index in [0.29, 0.717) is 0 Å². The highest BCUT2D eigenvalue weighted by atomic mass is 32.1. The summed E-state index contributed by atoms with van der Waals surface area (Å²) in [7, 11) is 0. The van der Waals surface area contributed by atoms with Crippen LogP contribution < -0.4 is 4.90 Å². The zero-order valence-electron chi connectivity index (χ0n) is 10.0. The lowest BCUT2D eigenvalue weighted by Crippen LogP contribution is -2.36. The number of allylic oxidation sites excluding steroid dienone is 1. The molecule has 0 N–H and O–H groups in total. The van der Waals surface area contributed by atoms with Crippen LogP contribution in [-0.2, 0) is 4.74 Å². The van der Waals surface area contributed by atoms with Crippen LogP contribution in [0.2, 0.25) is 0 Å². The van der Waals surface area contributed by atoms with Crippen LogP contribution in [0.25, 0.3) is 6.08 Å². The van der Waals surface area contributed by atoms with Crippen molar-refractivity contribution in [3.63, 3.8) is 0 Å². The Morgan fingerprint density at radius 2 is 2.12 bits per heavy atom. The first kappa shape index (κ1) is 12.5. The van der Waals surface area contributed by atoms with E-state index in [0.717, 1.165) is 38.5 Å². The molecule has 2 nitrogen and oxygen atoms in total. The maximum Gasteiger partial charge on any atom is 0.0642 e. The molecule has 0 aromatic heterocycles. The molecule has 1 fully saturated rings. The molecule has 0 unspecified atom stereocenters. The molecular formula is C14H19NOS. The standard InChI is InChI=1S/C14H19NOS/c17-11-2-1-4-13-5-3-6-14(12-13)15-7-9-16-10-8-15/h1,3-6,12,17H,2,7-11H2. The largest absolute Gasteiger partial charge is 0.378 e. The highest BCUT2D eigenvalue weighted by Gasteiger charge is 2.10. The smallest absolute Gasteiger partial charge is 0.0642 e. The van der Waals surface area contributed by atoms with Crippen LogP contribution in [0.15, 0.2) is 30.3 Å². The SMILES string of the molecule is SCCC=Cc1cccc(N2CCOCC2)c1. The van der Waals surface area contributed by atoms with E-state index in [9.17, 15) is 0 Å². The van der Waals surface area contributed by atoms with Gasteiger partial charge < -0.3 is 9.64 Å². The van der Waals surface area contributed by atoms with Crippen molar-refractivity contribution in [3.05, 3.63) is 35.9 Å². The molecule has 3 heteroatoms. The Hall–Kier alpha value is -0.930. The predicted molar refractivity (Wildman–Crippen MR) is 77.0 cm³/mol. The fraction of sp³-hybridized carbons (Fsp3) is 0.429. The lowest BCUT2D eigenvalue weighted by Gasteiger charge is -2.29. The van der Waals surface area contributed by atoms with Gasteiger partial charge in [-0.2, -0.15) is 12.6 Å². The number of thiol groups is 1. The van der Waals surface area contributed by atoms with Gasteiger partial charge in [0.1, 0.15) is 0 Å². The van der Waals surface area contributed by atoms with E-state index in [4.69, 9.17) is 4.74 Å². The summed E-state index contributed by atoms with van der Waals surface area (Å²) in [6.07, 6.45) is 5.36. The fourth-order valence-electron chi connectivity index (χ4n) is 1.94. The summed E-state index contributed by atoms with van der Waals surface area (Å²) in [6.45, 7) is 3.65. The summed E-state index contributed by atoms with van der Waals surface area (Å²) in [4.78, 5) is 2.37. The second-order valence-electron chi connectivity index (χ2n) is 4.11. The van der Waals surface area contributed by atoms with Crippen molar-refractivity contribution in [2.45, 2.75) is 6.42 Å². The topological polar surface area (TPSA) is 12.5 Å². The third-order valence-corrected chi connectivity index (χ3v) is 3.11. The van der Waals surface area contributed by atoms with Crippen LogP contribution in [0.4, 0.5) is 5.69 Å². The summed E-state index contributed by atoms with van der Waals surface area (Å²) >= 11 is 4.20. The Bertz CT molecular complexity index is 372. The van der Waals surface area contributed by atoms with Crippen LogP contribution in [0, 0.1) is 0 Å². The molecule has 0 bridgehead atoms. The average Bonchev–Trinajstić information content (AvgIpc) is 2.41. The number of ether oxygens (including phenoxy) is 1. The van der Waals surface area contributed by atoms with Gasteiger partial charge in [-0.15, -0.1) is 0 Å². The minimum absolute atomic E-state index is 0.833. The molecule has 1 saturated heterocycles. The second-order valence-corrected chi connectivity index (χ2v) is 4.56. The molecule has 0 atom stereocenters. The first-order valence-electron chi connectivity index (χ1n) is 6.10. The first-order chi connectivity index (χ1) is 8.40. The molecule has 1 aromatic carbocycles. The maximum absolute atomic E-state index is 5.37. The van der Waals surface area contributed by atoms with Gasteiger partial charge in [0.15, 0.2) is 0 Å². The van der Waals surface area contributed by atoms with Crippen molar-refractivity contribution in [2.24, 2.45) is 0 Å². The Kier molecular flexibility index (Phi) is 4.95. The van der Waals surface area contributed by atoms with Crippen molar-refractivity contribution in [2.75, 3.05) is 37.0 Å². The number of hydrogen-bond acceptors (Lipinski definition) is 3. The first-order valence-corrected chi connectivity index (χ1v) is 6.73. The summed E-state index contributed by atoms with van der Waals surface area (Å²) in [6, 6.07) is 8.66. The van der Waals surface area contributed by atoms with Crippen LogP contribution in [0.5, 0.6) is 0 Å². The van der Waals surface area contributed by atoms with Gasteiger partial charge in [-0.05, 0) is 29.9 Å². The van der Waals surface area contributed by atoms with E-state index in [2.05, 4.69) is 53.9 Å². The van der Waals surface area contributed by atoms with Crippen molar-refractivity contribution < 1.29 is 4.74 Å². The van der Waals surface area contributed by atoms with Gasteiger partial charge in [0.2, 0.25) is 0 Å². The van der Waals surface area contributed by atoms with Crippen LogP contribution in [0.3, 0.4) is 0 Å². The maximum atomic E-state index is 5.37. The molecule has 0 amide bonds. The number of hydrogen-bond donors (Lipinski definition) is 1. The monoisotopic (exact) mass is 249 g/mol. The Morgan fingerprint density at radius 3 is 2.88 bits per heavy atom. The van der Waals surface area contributed by atoms with Gasteiger partial charge in [0.05, 0.1) is 13.2 Å². The van der Waals surface area contributed by atoms with Gasteiger partial charge >= 0.3 is 0 Å². The minimum atomic E-state index is 0.833. The molecule has 1 aliphatic rings. The third kappa shape index (κ3) is 3.79. The summed E-state index contributed by atoms with van der Waals surface area (Å²) in [5.41, 5.74) is 2.55. The van der Waals surface area contributed by atoms with E-state index in [1.165, 1.54) is 11.3 Å². The Labute approximate surface area is 109 Å². The van der Waals surface area contributed by atoms with Crippen molar-refractivity contribution >= 4 is 24.4 Å². The molecule has 17 heavy (non-hydrogen) atoms. The van der Waals surface area contributed by atoms with E-state index in [1.54, 1.807) is 0 Å². The van der Waals surface area contributed by atoms with Gasteiger partial charge in [-0.1, -0.05) is 24.3 Å². The molecule has 92 valence electrons. The highest BCUT2D eigenvalue weighted by Crippen LogP contribution is 2.18. The van der Waals surface area contributed by atoms with Crippen LogP contribution in [-0.4, -0.2) is 32.1 Å². The molecule has 2 rings (SSSR count).